The third kappa shape index (κ3) is 3.40. The predicted molar refractivity (Wildman–Crippen MR) is 87.7 cm³/mol. The van der Waals surface area contributed by atoms with E-state index >= 15 is 0 Å². The number of ether oxygens (including phenoxy) is 1. The third-order valence-corrected chi connectivity index (χ3v) is 4.29. The van der Waals surface area contributed by atoms with Gasteiger partial charge in [-0.1, -0.05) is 18.2 Å². The number of nitrogens with one attached hydrogen (secondary N) is 1. The lowest BCUT2D eigenvalue weighted by Gasteiger charge is -2.10. The quantitative estimate of drug-likeness (QED) is 0.776. The van der Waals surface area contributed by atoms with Crippen LogP contribution >= 0.6 is 11.3 Å². The second-order valence-corrected chi connectivity index (χ2v) is 5.92. The van der Waals surface area contributed by atoms with E-state index in [0.29, 0.717) is 17.3 Å². The lowest BCUT2D eigenvalue weighted by molar-refractivity contribution is -0.118. The van der Waals surface area contributed by atoms with Gasteiger partial charge in [-0.15, -0.1) is 11.3 Å². The average Bonchev–Trinajstić information content (AvgIpc) is 3.19. The van der Waals surface area contributed by atoms with Gasteiger partial charge in [0.05, 0.1) is 4.88 Å². The molecule has 1 amide bonds. The number of hydrogen-bond donors (Lipinski definition) is 1. The molecule has 0 aliphatic carbocycles. The number of nitrogens with zero attached hydrogens (tertiary/aromatic N) is 2. The van der Waals surface area contributed by atoms with Crippen molar-refractivity contribution in [2.75, 3.05) is 11.9 Å². The van der Waals surface area contributed by atoms with Crippen molar-refractivity contribution in [3.8, 4) is 16.3 Å². The van der Waals surface area contributed by atoms with Gasteiger partial charge in [-0.25, -0.2) is 4.63 Å². The summed E-state index contributed by atoms with van der Waals surface area (Å²) in [4.78, 5) is 12.9. The van der Waals surface area contributed by atoms with Gasteiger partial charge in [0.15, 0.2) is 12.3 Å². The Morgan fingerprint density at radius 3 is 2.91 bits per heavy atom. The standard InChI is InChI=1S/C16H15N3O3S/c1-10-5-3-6-12(11(10)2)21-9-14(20)17-16-15(18-22-19-16)13-7-4-8-23-13/h3-8H,9H2,1-2H3,(H,17,19,20). The van der Waals surface area contributed by atoms with Crippen LogP contribution in [0.15, 0.2) is 40.3 Å². The molecule has 0 atom stereocenters. The van der Waals surface area contributed by atoms with Crippen LogP contribution in [0.4, 0.5) is 5.82 Å². The van der Waals surface area contributed by atoms with E-state index in [1.807, 2.05) is 49.6 Å². The topological polar surface area (TPSA) is 77.2 Å². The summed E-state index contributed by atoms with van der Waals surface area (Å²) in [5, 5.41) is 12.1. The number of anilines is 1. The van der Waals surface area contributed by atoms with Crippen LogP contribution in [0.25, 0.3) is 10.6 Å². The summed E-state index contributed by atoms with van der Waals surface area (Å²) in [5.74, 6) is 0.665. The lowest BCUT2D eigenvalue weighted by Crippen LogP contribution is -2.21. The largest absolute Gasteiger partial charge is 0.483 e. The molecule has 0 bridgehead atoms. The van der Waals surface area contributed by atoms with Crippen LogP contribution in [-0.2, 0) is 4.79 Å². The maximum atomic E-state index is 12.1. The van der Waals surface area contributed by atoms with E-state index in [0.717, 1.165) is 16.0 Å². The number of carbonyl (C=O) groups excluding carboxylic acids is 1. The van der Waals surface area contributed by atoms with Crippen molar-refractivity contribution < 1.29 is 14.2 Å². The van der Waals surface area contributed by atoms with Crippen molar-refractivity contribution in [3.05, 3.63) is 46.8 Å². The van der Waals surface area contributed by atoms with Crippen LogP contribution in [0.1, 0.15) is 11.1 Å². The van der Waals surface area contributed by atoms with E-state index in [1.54, 1.807) is 0 Å². The molecule has 6 nitrogen and oxygen atoms in total. The second-order valence-electron chi connectivity index (χ2n) is 4.97. The Labute approximate surface area is 137 Å². The molecule has 2 aromatic heterocycles. The molecule has 1 aromatic carbocycles. The molecule has 0 saturated carbocycles. The number of thiophene rings is 1. The third-order valence-electron chi connectivity index (χ3n) is 3.41. The van der Waals surface area contributed by atoms with Gasteiger partial charge in [-0.3, -0.25) is 4.79 Å². The molecule has 0 saturated heterocycles. The van der Waals surface area contributed by atoms with Gasteiger partial charge in [-0.2, -0.15) is 0 Å². The molecule has 23 heavy (non-hydrogen) atoms. The van der Waals surface area contributed by atoms with E-state index in [9.17, 15) is 4.79 Å². The van der Waals surface area contributed by atoms with Crippen molar-refractivity contribution >= 4 is 23.1 Å². The number of aromatic nitrogens is 2. The molecule has 1 N–H and O–H groups in total. The van der Waals surface area contributed by atoms with Crippen molar-refractivity contribution in [1.82, 2.24) is 10.3 Å². The first kappa shape index (κ1) is 15.2. The first-order valence-electron chi connectivity index (χ1n) is 7.00. The normalized spacial score (nSPS) is 10.5. The smallest absolute Gasteiger partial charge is 0.263 e. The molecular weight excluding hydrogens is 314 g/mol. The molecule has 118 valence electrons. The van der Waals surface area contributed by atoms with Crippen molar-refractivity contribution in [2.24, 2.45) is 0 Å². The highest BCUT2D eigenvalue weighted by molar-refractivity contribution is 7.13. The zero-order chi connectivity index (χ0) is 16.2. The fourth-order valence-electron chi connectivity index (χ4n) is 2.04. The molecule has 0 aliphatic heterocycles. The first-order valence-corrected chi connectivity index (χ1v) is 7.88. The Bertz CT molecular complexity index is 812. The van der Waals surface area contributed by atoms with Gasteiger partial charge in [0.25, 0.3) is 5.91 Å². The number of hydrogen-bond acceptors (Lipinski definition) is 6. The van der Waals surface area contributed by atoms with Gasteiger partial charge < -0.3 is 10.1 Å². The SMILES string of the molecule is Cc1cccc(OCC(=O)Nc2nonc2-c2cccs2)c1C. The Morgan fingerprint density at radius 1 is 1.26 bits per heavy atom. The molecule has 0 spiro atoms. The van der Waals surface area contributed by atoms with Crippen molar-refractivity contribution in [3.63, 3.8) is 0 Å². The Kier molecular flexibility index (Phi) is 4.38. The first-order chi connectivity index (χ1) is 11.1. The maximum Gasteiger partial charge on any atom is 0.263 e. The van der Waals surface area contributed by atoms with Crippen LogP contribution in [0.5, 0.6) is 5.75 Å². The number of carbonyl (C=O) groups is 1. The summed E-state index contributed by atoms with van der Waals surface area (Å²) in [6, 6.07) is 9.50. The maximum absolute atomic E-state index is 12.1. The molecule has 0 unspecified atom stereocenters. The zero-order valence-corrected chi connectivity index (χ0v) is 13.5. The molecule has 0 fully saturated rings. The van der Waals surface area contributed by atoms with Crippen LogP contribution in [-0.4, -0.2) is 22.8 Å². The van der Waals surface area contributed by atoms with Crippen molar-refractivity contribution in [2.45, 2.75) is 13.8 Å². The van der Waals surface area contributed by atoms with Crippen LogP contribution in [0, 0.1) is 13.8 Å². The van der Waals surface area contributed by atoms with Gasteiger partial charge in [-0.05, 0) is 52.8 Å². The highest BCUT2D eigenvalue weighted by Crippen LogP contribution is 2.28. The minimum Gasteiger partial charge on any atom is -0.483 e. The molecule has 3 rings (SSSR count). The van der Waals surface area contributed by atoms with Gasteiger partial charge >= 0.3 is 0 Å². The Balaban J connectivity index is 1.65. The number of rotatable bonds is 5. The fourth-order valence-corrected chi connectivity index (χ4v) is 2.74. The Morgan fingerprint density at radius 2 is 2.13 bits per heavy atom. The minimum absolute atomic E-state index is 0.110. The minimum atomic E-state index is -0.320. The zero-order valence-electron chi connectivity index (χ0n) is 12.7. The van der Waals surface area contributed by atoms with E-state index in [2.05, 4.69) is 15.6 Å². The number of amides is 1. The van der Waals surface area contributed by atoms with E-state index < -0.39 is 0 Å². The summed E-state index contributed by atoms with van der Waals surface area (Å²) in [7, 11) is 0. The van der Waals surface area contributed by atoms with Gasteiger partial charge in [0.1, 0.15) is 5.75 Å². The highest BCUT2D eigenvalue weighted by Gasteiger charge is 2.16. The van der Waals surface area contributed by atoms with E-state index in [1.165, 1.54) is 11.3 Å². The van der Waals surface area contributed by atoms with Crippen molar-refractivity contribution in [1.29, 1.82) is 0 Å². The van der Waals surface area contributed by atoms with E-state index in [-0.39, 0.29) is 12.5 Å². The summed E-state index contributed by atoms with van der Waals surface area (Å²) >= 11 is 1.49. The average molecular weight is 329 g/mol. The predicted octanol–water partition coefficient (Wildman–Crippen LogP) is 3.43. The summed E-state index contributed by atoms with van der Waals surface area (Å²) < 4.78 is 10.3. The number of aryl methyl sites for hydroxylation is 1. The molecule has 7 heteroatoms. The second kappa shape index (κ2) is 6.62. The van der Waals surface area contributed by atoms with Gasteiger partial charge in [0, 0.05) is 0 Å². The molecule has 0 radical (unpaired) electrons. The molecular formula is C16H15N3O3S. The summed E-state index contributed by atoms with van der Waals surface area (Å²) in [6.07, 6.45) is 0. The van der Waals surface area contributed by atoms with Crippen LogP contribution < -0.4 is 10.1 Å². The molecule has 2 heterocycles. The van der Waals surface area contributed by atoms with Crippen LogP contribution in [0.2, 0.25) is 0 Å². The summed E-state index contributed by atoms with van der Waals surface area (Å²) in [6.45, 7) is 3.84. The highest BCUT2D eigenvalue weighted by atomic mass is 32.1. The fraction of sp³-hybridized carbons (Fsp3) is 0.188. The summed E-state index contributed by atoms with van der Waals surface area (Å²) in [5.41, 5.74) is 2.64. The van der Waals surface area contributed by atoms with Gasteiger partial charge in [0.2, 0.25) is 5.82 Å². The monoisotopic (exact) mass is 329 g/mol. The Hall–Kier alpha value is -2.67. The molecule has 3 aromatic rings. The number of benzene rings is 1. The molecule has 0 aliphatic rings. The van der Waals surface area contributed by atoms with E-state index in [4.69, 9.17) is 9.37 Å². The lowest BCUT2D eigenvalue weighted by atomic mass is 10.1. The van der Waals surface area contributed by atoms with Crippen LogP contribution in [0.3, 0.4) is 0 Å².